The molecule has 66 valence electrons. The fourth-order valence-electron chi connectivity index (χ4n) is 0. The summed E-state index contributed by atoms with van der Waals surface area (Å²) in [6.45, 7) is 0. The molecule has 0 saturated carbocycles. The number of hydrogen-bond donors (Lipinski definition) is 2. The van der Waals surface area contributed by atoms with Crippen molar-refractivity contribution >= 4 is 10.8 Å². The Morgan fingerprint density at radius 2 is 1.10 bits per heavy atom. The van der Waals surface area contributed by atoms with Crippen molar-refractivity contribution in [3.63, 3.8) is 0 Å². The van der Waals surface area contributed by atoms with Crippen LogP contribution in [0.1, 0.15) is 0 Å². The Labute approximate surface area is 60.7 Å². The van der Waals surface area contributed by atoms with Crippen LogP contribution in [0, 0.1) is 0 Å². The summed E-state index contributed by atoms with van der Waals surface area (Å²) < 4.78 is 50.2. The third kappa shape index (κ3) is 46700. The van der Waals surface area contributed by atoms with Gasteiger partial charge in [-0.3, -0.25) is 4.21 Å². The normalized spacial score (nSPS) is 14.7. The summed E-state index contributed by atoms with van der Waals surface area (Å²) in [5.41, 5.74) is 0. The summed E-state index contributed by atoms with van der Waals surface area (Å²) in [6.07, 6.45) is 3.28. The van der Waals surface area contributed by atoms with Crippen LogP contribution in [-0.2, 0) is 35.7 Å². The zero-order valence-corrected chi connectivity index (χ0v) is 7.84. The summed E-state index contributed by atoms with van der Waals surface area (Å²) in [7, 11) is -0.611. The van der Waals surface area contributed by atoms with Gasteiger partial charge in [-0.1, -0.05) is 0 Å². The van der Waals surface area contributed by atoms with E-state index < -0.39 is 25.0 Å². The molecule has 0 bridgehead atoms. The van der Waals surface area contributed by atoms with E-state index in [9.17, 15) is 4.21 Å². The molecule has 0 radical (unpaired) electrons. The topological polar surface area (TPSA) is 109 Å². The first-order chi connectivity index (χ1) is 3.97. The third-order valence-electron chi connectivity index (χ3n) is 0. The molecular weight excluding hydrogens is 253 g/mol. The van der Waals surface area contributed by atoms with Gasteiger partial charge in [-0.15, -0.1) is 0 Å². The zero-order chi connectivity index (χ0) is 9.02. The molecule has 0 saturated heterocycles. The molecule has 0 heterocycles. The van der Waals surface area contributed by atoms with Crippen molar-refractivity contribution in [2.45, 2.75) is 0 Å². The van der Waals surface area contributed by atoms with Crippen LogP contribution in [0.3, 0.4) is 0 Å². The van der Waals surface area contributed by atoms with E-state index >= 15 is 0 Å². The van der Waals surface area contributed by atoms with Gasteiger partial charge in [0.05, 0.1) is 0 Å². The van der Waals surface area contributed by atoms with Gasteiger partial charge < -0.3 is 0 Å². The van der Waals surface area contributed by atoms with Crippen molar-refractivity contribution in [1.29, 1.82) is 0 Å². The van der Waals surface area contributed by atoms with Gasteiger partial charge >= 0.3 is 32.8 Å². The van der Waals surface area contributed by atoms with Gasteiger partial charge in [0.2, 0.25) is 0 Å². The predicted octanol–water partition coefficient (Wildman–Crippen LogP) is -1.48. The second-order valence-electron chi connectivity index (χ2n) is 1.38. The van der Waals surface area contributed by atoms with Crippen LogP contribution >= 0.6 is 0 Å². The summed E-state index contributed by atoms with van der Waals surface area (Å²) >= 11 is -7.22. The maximum absolute atomic E-state index is 9.56. The summed E-state index contributed by atoms with van der Waals surface area (Å²) in [5, 5.41) is 0. The van der Waals surface area contributed by atoms with Crippen molar-refractivity contribution < 1.29 is 37.0 Å². The van der Waals surface area contributed by atoms with Crippen molar-refractivity contribution in [1.82, 2.24) is 0 Å². The van der Waals surface area contributed by atoms with Crippen LogP contribution in [0.25, 0.3) is 0 Å². The predicted molar refractivity (Wildman–Crippen MR) is 26.5 cm³/mol. The molecule has 0 rings (SSSR count). The monoisotopic (exact) mass is 262 g/mol. The molecule has 0 atom stereocenters. The van der Waals surface area contributed by atoms with Gasteiger partial charge in [-0.05, 0) is 0 Å². The molecule has 0 aliphatic rings. The van der Waals surface area contributed by atoms with E-state index in [2.05, 4.69) is 0 Å². The number of rotatable bonds is 0. The van der Waals surface area contributed by atoms with Gasteiger partial charge in [-0.2, -0.15) is 0 Å². The molecule has 2 N–H and O–H groups in total. The van der Waals surface area contributed by atoms with Crippen molar-refractivity contribution in [3.8, 4) is 0 Å². The van der Waals surface area contributed by atoms with Gasteiger partial charge in [0.15, 0.2) is 0 Å². The first-order valence-electron chi connectivity index (χ1n) is 1.73. The molecule has 0 aromatic heterocycles. The van der Waals surface area contributed by atoms with Gasteiger partial charge in [0, 0.05) is 23.3 Å². The molecule has 8 heteroatoms. The molecule has 0 amide bonds. The van der Waals surface area contributed by atoms with E-state index in [-0.39, 0.29) is 0 Å². The molecule has 6 nitrogen and oxygen atoms in total. The average Bonchev–Trinajstić information content (AvgIpc) is 1.14. The quantitative estimate of drug-likeness (QED) is 0.515. The Kier molecular flexibility index (Phi) is 4.43. The van der Waals surface area contributed by atoms with Crippen LogP contribution in [0.15, 0.2) is 0 Å². The molecule has 0 unspecified atom stereocenters. The van der Waals surface area contributed by atoms with Gasteiger partial charge in [0.25, 0.3) is 0 Å². The van der Waals surface area contributed by atoms with E-state index in [4.69, 9.17) is 18.6 Å². The van der Waals surface area contributed by atoms with E-state index in [1.54, 1.807) is 12.5 Å². The fraction of sp³-hybridized carbons (Fsp3) is 1.00. The minimum atomic E-state index is -7.22. The number of hydrogen-bond acceptors (Lipinski definition) is 4. The molecule has 0 aliphatic carbocycles. The Morgan fingerprint density at radius 3 is 1.10 bits per heavy atom. The Hall–Kier alpha value is 0.0934. The summed E-state index contributed by atoms with van der Waals surface area (Å²) in [5.74, 6) is 0. The van der Waals surface area contributed by atoms with Crippen molar-refractivity contribution in [3.05, 3.63) is 0 Å². The summed E-state index contributed by atoms with van der Waals surface area (Å²) in [4.78, 5) is 0. The Bertz CT molecular complexity index is 263. The van der Waals surface area contributed by atoms with Crippen LogP contribution in [-0.4, -0.2) is 24.6 Å². The second-order valence-corrected chi connectivity index (χ2v) is 5.98. The SMILES string of the molecule is CS(C)=O.[O]=[Ru](=[O])(=[O])([OH])[OH]. The Balaban J connectivity index is 0. The molecular formula is C2H8O6RuS. The molecule has 0 spiro atoms. The molecule has 0 aromatic rings. The minimum absolute atomic E-state index is 0.611. The first kappa shape index (κ1) is 12.7. The molecule has 10 heavy (non-hydrogen) atoms. The van der Waals surface area contributed by atoms with Crippen LogP contribution in [0.4, 0.5) is 0 Å². The average molecular weight is 261 g/mol. The van der Waals surface area contributed by atoms with Crippen LogP contribution < -0.4 is 0 Å². The van der Waals surface area contributed by atoms with Crippen LogP contribution in [0.5, 0.6) is 0 Å². The standard InChI is InChI=1S/C2H6OS.2H2O.3O.Ru/c1-4(2)3;;;;;;/h1-2H3;2*1H2;;;;/q;;;;;;+2/p-2. The van der Waals surface area contributed by atoms with Crippen LogP contribution in [0.2, 0.25) is 0 Å². The third-order valence-corrected chi connectivity index (χ3v) is 0. The van der Waals surface area contributed by atoms with Crippen molar-refractivity contribution in [2.75, 3.05) is 12.5 Å². The van der Waals surface area contributed by atoms with E-state index in [1.807, 2.05) is 0 Å². The zero-order valence-electron chi connectivity index (χ0n) is 5.29. The molecule has 0 aromatic carbocycles. The van der Waals surface area contributed by atoms with Gasteiger partial charge in [0.1, 0.15) is 0 Å². The van der Waals surface area contributed by atoms with E-state index in [1.165, 1.54) is 0 Å². The fourth-order valence-corrected chi connectivity index (χ4v) is 0. The van der Waals surface area contributed by atoms with Crippen molar-refractivity contribution in [2.24, 2.45) is 0 Å². The maximum atomic E-state index is 9.56. The first-order valence-corrected chi connectivity index (χ1v) is 7.38. The molecule has 0 fully saturated rings. The van der Waals surface area contributed by atoms with Gasteiger partial charge in [-0.25, -0.2) is 0 Å². The summed E-state index contributed by atoms with van der Waals surface area (Å²) in [6, 6.07) is 0. The molecule has 0 aliphatic heterocycles. The van der Waals surface area contributed by atoms with E-state index in [0.29, 0.717) is 0 Å². The second kappa shape index (κ2) is 3.47. The Morgan fingerprint density at radius 1 is 1.10 bits per heavy atom. The van der Waals surface area contributed by atoms with E-state index in [0.717, 1.165) is 0 Å².